The predicted octanol–water partition coefficient (Wildman–Crippen LogP) is 14.1. The molecule has 0 aliphatic rings. The van der Waals surface area contributed by atoms with Gasteiger partial charge in [-0.1, -0.05) is 170 Å². The average Bonchev–Trinajstić information content (AvgIpc) is 3.19. The number of fused-ring (bicyclic) bond motifs is 6. The first-order valence-electron chi connectivity index (χ1n) is 17.3. The summed E-state index contributed by atoms with van der Waals surface area (Å²) in [6.45, 7) is 0. The molecule has 0 saturated heterocycles. The van der Waals surface area contributed by atoms with E-state index in [1.807, 2.05) is 0 Å². The standard InChI is InChI=1S/C50H32/c1-3-11-33(12-4-1)39-26-28-45-47(30-39)49(41-23-19-35-15-7-8-17-38(35)29-41)44-27-25-40(34-13-5-2-6-14-34)31-48(44)50(45)42-24-22-37-21-20-36-16-9-10-18-43(36)46(37)32-42/h1-32H. The van der Waals surface area contributed by atoms with Gasteiger partial charge in [-0.25, -0.2) is 0 Å². The molecule has 0 N–H and O–H groups in total. The maximum atomic E-state index is 2.42. The second-order valence-corrected chi connectivity index (χ2v) is 13.3. The summed E-state index contributed by atoms with van der Waals surface area (Å²) >= 11 is 0. The molecule has 0 spiro atoms. The molecule has 10 rings (SSSR count). The summed E-state index contributed by atoms with van der Waals surface area (Å²) < 4.78 is 0. The fraction of sp³-hybridized carbons (Fsp3) is 0. The van der Waals surface area contributed by atoms with Crippen molar-refractivity contribution < 1.29 is 0 Å². The molecule has 0 unspecified atom stereocenters. The van der Waals surface area contributed by atoms with Crippen LogP contribution >= 0.6 is 0 Å². The van der Waals surface area contributed by atoms with Gasteiger partial charge in [0.1, 0.15) is 0 Å². The first kappa shape index (κ1) is 28.5. The van der Waals surface area contributed by atoms with Crippen LogP contribution < -0.4 is 0 Å². The van der Waals surface area contributed by atoms with Gasteiger partial charge in [-0.2, -0.15) is 0 Å². The van der Waals surface area contributed by atoms with Crippen molar-refractivity contribution in [3.05, 3.63) is 194 Å². The van der Waals surface area contributed by atoms with Gasteiger partial charge in [0.15, 0.2) is 0 Å². The first-order chi connectivity index (χ1) is 24.8. The molecule has 0 radical (unpaired) electrons. The molecule has 0 aliphatic heterocycles. The van der Waals surface area contributed by atoms with Crippen molar-refractivity contribution in [3.8, 4) is 44.5 Å². The Morgan fingerprint density at radius 3 is 1.22 bits per heavy atom. The molecule has 10 aromatic rings. The Hall–Kier alpha value is -6.50. The van der Waals surface area contributed by atoms with E-state index in [2.05, 4.69) is 194 Å². The van der Waals surface area contributed by atoms with Crippen molar-refractivity contribution in [2.45, 2.75) is 0 Å². The molecule has 0 heteroatoms. The Labute approximate surface area is 291 Å². The predicted molar refractivity (Wildman–Crippen MR) is 216 cm³/mol. The van der Waals surface area contributed by atoms with Crippen LogP contribution in [-0.4, -0.2) is 0 Å². The number of hydrogen-bond donors (Lipinski definition) is 0. The number of benzene rings is 10. The Balaban J connectivity index is 1.36. The van der Waals surface area contributed by atoms with Crippen molar-refractivity contribution in [1.29, 1.82) is 0 Å². The van der Waals surface area contributed by atoms with Gasteiger partial charge in [-0.3, -0.25) is 0 Å². The zero-order valence-electron chi connectivity index (χ0n) is 27.5. The van der Waals surface area contributed by atoms with Crippen LogP contribution in [0, 0.1) is 0 Å². The molecule has 0 bridgehead atoms. The van der Waals surface area contributed by atoms with Gasteiger partial charge >= 0.3 is 0 Å². The summed E-state index contributed by atoms with van der Waals surface area (Å²) in [5.74, 6) is 0. The molecule has 0 atom stereocenters. The normalized spacial score (nSPS) is 11.6. The maximum absolute atomic E-state index is 2.42. The minimum atomic E-state index is 1.22. The van der Waals surface area contributed by atoms with E-state index in [-0.39, 0.29) is 0 Å². The van der Waals surface area contributed by atoms with E-state index in [0.717, 1.165) is 0 Å². The first-order valence-corrected chi connectivity index (χ1v) is 17.3. The molecule has 0 fully saturated rings. The lowest BCUT2D eigenvalue weighted by Crippen LogP contribution is -1.93. The largest absolute Gasteiger partial charge is 0.0622 e. The van der Waals surface area contributed by atoms with Crippen molar-refractivity contribution in [1.82, 2.24) is 0 Å². The van der Waals surface area contributed by atoms with Crippen LogP contribution in [0.3, 0.4) is 0 Å². The highest BCUT2D eigenvalue weighted by Gasteiger charge is 2.19. The topological polar surface area (TPSA) is 0 Å². The van der Waals surface area contributed by atoms with Crippen LogP contribution in [0.2, 0.25) is 0 Å². The van der Waals surface area contributed by atoms with Crippen molar-refractivity contribution in [2.75, 3.05) is 0 Å². The maximum Gasteiger partial charge on any atom is -0.00259 e. The molecule has 10 aromatic carbocycles. The smallest absolute Gasteiger partial charge is 0.00259 e. The molecule has 0 heterocycles. The van der Waals surface area contributed by atoms with Crippen molar-refractivity contribution in [3.63, 3.8) is 0 Å². The van der Waals surface area contributed by atoms with E-state index in [0.29, 0.717) is 0 Å². The summed E-state index contributed by atoms with van der Waals surface area (Å²) in [7, 11) is 0. The molecular weight excluding hydrogens is 601 g/mol. The monoisotopic (exact) mass is 632 g/mol. The third kappa shape index (κ3) is 4.69. The quantitative estimate of drug-likeness (QED) is 0.134. The molecule has 0 saturated carbocycles. The fourth-order valence-corrected chi connectivity index (χ4v) is 7.97. The van der Waals surface area contributed by atoms with Gasteiger partial charge in [0.25, 0.3) is 0 Å². The summed E-state index contributed by atoms with van der Waals surface area (Å²) in [5.41, 5.74) is 9.87. The number of rotatable bonds is 4. The molecule has 0 nitrogen and oxygen atoms in total. The van der Waals surface area contributed by atoms with Crippen LogP contribution in [0.15, 0.2) is 194 Å². The van der Waals surface area contributed by atoms with Crippen molar-refractivity contribution in [2.24, 2.45) is 0 Å². The Bertz CT molecular complexity index is 2900. The van der Waals surface area contributed by atoms with E-state index < -0.39 is 0 Å². The van der Waals surface area contributed by atoms with Crippen LogP contribution in [0.4, 0.5) is 0 Å². The second kappa shape index (κ2) is 11.6. The zero-order valence-corrected chi connectivity index (χ0v) is 27.5. The molecule has 50 heavy (non-hydrogen) atoms. The lowest BCUT2D eigenvalue weighted by atomic mass is 9.83. The highest BCUT2D eigenvalue weighted by Crippen LogP contribution is 2.47. The molecular formula is C50H32. The lowest BCUT2D eigenvalue weighted by Gasteiger charge is -2.20. The zero-order chi connectivity index (χ0) is 33.0. The summed E-state index contributed by atoms with van der Waals surface area (Å²) in [4.78, 5) is 0. The SMILES string of the molecule is c1ccc(-c2ccc3c(-c4ccc5ccc6ccccc6c5c4)c4cc(-c5ccccc5)ccc4c(-c4ccc5ccccc5c4)c3c2)cc1. The molecule has 232 valence electrons. The average molecular weight is 633 g/mol. The highest BCUT2D eigenvalue weighted by atomic mass is 14.2. The molecule has 0 amide bonds. The van der Waals surface area contributed by atoms with E-state index in [9.17, 15) is 0 Å². The van der Waals surface area contributed by atoms with Gasteiger partial charge in [0.05, 0.1) is 0 Å². The van der Waals surface area contributed by atoms with Gasteiger partial charge in [0, 0.05) is 0 Å². The van der Waals surface area contributed by atoms with Gasteiger partial charge < -0.3 is 0 Å². The lowest BCUT2D eigenvalue weighted by molar-refractivity contribution is 1.63. The summed E-state index contributed by atoms with van der Waals surface area (Å²) in [5, 5.41) is 12.6. The van der Waals surface area contributed by atoms with Crippen LogP contribution in [0.1, 0.15) is 0 Å². The minimum Gasteiger partial charge on any atom is -0.0622 e. The third-order valence-electron chi connectivity index (χ3n) is 10.4. The second-order valence-electron chi connectivity index (χ2n) is 13.3. The Kier molecular flexibility index (Phi) is 6.60. The van der Waals surface area contributed by atoms with E-state index in [4.69, 9.17) is 0 Å². The van der Waals surface area contributed by atoms with Gasteiger partial charge in [0.2, 0.25) is 0 Å². The Morgan fingerprint density at radius 2 is 0.600 bits per heavy atom. The van der Waals surface area contributed by atoms with Crippen LogP contribution in [0.5, 0.6) is 0 Å². The van der Waals surface area contributed by atoms with E-state index in [1.54, 1.807) is 0 Å². The summed E-state index contributed by atoms with van der Waals surface area (Å²) in [6, 6.07) is 71.5. The van der Waals surface area contributed by atoms with Gasteiger partial charge in [-0.15, -0.1) is 0 Å². The van der Waals surface area contributed by atoms with Crippen molar-refractivity contribution >= 4 is 53.9 Å². The van der Waals surface area contributed by atoms with E-state index in [1.165, 1.54) is 98.4 Å². The Morgan fingerprint density at radius 1 is 0.180 bits per heavy atom. The third-order valence-corrected chi connectivity index (χ3v) is 10.4. The highest BCUT2D eigenvalue weighted by molar-refractivity contribution is 6.23. The summed E-state index contributed by atoms with van der Waals surface area (Å²) in [6.07, 6.45) is 0. The van der Waals surface area contributed by atoms with Crippen LogP contribution in [-0.2, 0) is 0 Å². The number of hydrogen-bond acceptors (Lipinski definition) is 0. The molecule has 0 aromatic heterocycles. The fourth-order valence-electron chi connectivity index (χ4n) is 7.97. The van der Waals surface area contributed by atoms with E-state index >= 15 is 0 Å². The van der Waals surface area contributed by atoms with Crippen LogP contribution in [0.25, 0.3) is 98.4 Å². The minimum absolute atomic E-state index is 1.22. The molecule has 0 aliphatic carbocycles. The van der Waals surface area contributed by atoms with Gasteiger partial charge in [-0.05, 0) is 123 Å².